The molecule has 1 heterocycles. The van der Waals surface area contributed by atoms with Gasteiger partial charge in [0.25, 0.3) is 0 Å². The first-order valence-corrected chi connectivity index (χ1v) is 4.83. The molecule has 2 rings (SSSR count). The standard InChI is InChI=1S/C10H7BrFNO/c1-6-5-13-10(14-6)7-2-8(11)4-9(12)3-7/h2-5H,1H3. The third kappa shape index (κ3) is 1.85. The average Bonchev–Trinajstić information content (AvgIpc) is 2.50. The summed E-state index contributed by atoms with van der Waals surface area (Å²) in [5.41, 5.74) is 0.630. The van der Waals surface area contributed by atoms with E-state index in [0.29, 0.717) is 21.7 Å². The first kappa shape index (κ1) is 9.40. The second-order valence-corrected chi connectivity index (χ2v) is 3.85. The molecule has 0 atom stereocenters. The maximum atomic E-state index is 13.0. The highest BCUT2D eigenvalue weighted by Crippen LogP contribution is 2.24. The van der Waals surface area contributed by atoms with Crippen LogP contribution in [0.4, 0.5) is 4.39 Å². The number of benzene rings is 1. The van der Waals surface area contributed by atoms with Crippen molar-refractivity contribution >= 4 is 15.9 Å². The van der Waals surface area contributed by atoms with Gasteiger partial charge in [-0.3, -0.25) is 0 Å². The fraction of sp³-hybridized carbons (Fsp3) is 0.100. The van der Waals surface area contributed by atoms with E-state index < -0.39 is 0 Å². The van der Waals surface area contributed by atoms with Crippen molar-refractivity contribution in [3.63, 3.8) is 0 Å². The molecule has 14 heavy (non-hydrogen) atoms. The van der Waals surface area contributed by atoms with Crippen LogP contribution in [0.1, 0.15) is 5.76 Å². The Morgan fingerprint density at radius 1 is 1.36 bits per heavy atom. The van der Waals surface area contributed by atoms with E-state index >= 15 is 0 Å². The van der Waals surface area contributed by atoms with Crippen LogP contribution in [0, 0.1) is 12.7 Å². The van der Waals surface area contributed by atoms with E-state index in [1.54, 1.807) is 19.2 Å². The molecule has 0 N–H and O–H groups in total. The lowest BCUT2D eigenvalue weighted by Crippen LogP contribution is -1.80. The van der Waals surface area contributed by atoms with E-state index in [4.69, 9.17) is 4.42 Å². The molecule has 1 aromatic heterocycles. The van der Waals surface area contributed by atoms with Gasteiger partial charge in [-0.25, -0.2) is 9.37 Å². The number of oxazole rings is 1. The van der Waals surface area contributed by atoms with Crippen molar-refractivity contribution in [2.24, 2.45) is 0 Å². The Hall–Kier alpha value is -1.16. The SMILES string of the molecule is Cc1cnc(-c2cc(F)cc(Br)c2)o1. The predicted octanol–water partition coefficient (Wildman–Crippen LogP) is 3.55. The van der Waals surface area contributed by atoms with E-state index in [2.05, 4.69) is 20.9 Å². The number of aromatic nitrogens is 1. The molecular formula is C10H7BrFNO. The first-order chi connectivity index (χ1) is 6.65. The van der Waals surface area contributed by atoms with Crippen LogP contribution in [0.3, 0.4) is 0 Å². The monoisotopic (exact) mass is 255 g/mol. The minimum atomic E-state index is -0.315. The fourth-order valence-corrected chi connectivity index (χ4v) is 1.63. The molecule has 0 saturated heterocycles. The highest BCUT2D eigenvalue weighted by atomic mass is 79.9. The molecule has 72 valence electrons. The summed E-state index contributed by atoms with van der Waals surface area (Å²) in [5, 5.41) is 0. The zero-order chi connectivity index (χ0) is 10.1. The van der Waals surface area contributed by atoms with Crippen molar-refractivity contribution in [1.29, 1.82) is 0 Å². The van der Waals surface area contributed by atoms with Gasteiger partial charge in [0.15, 0.2) is 0 Å². The maximum Gasteiger partial charge on any atom is 0.226 e. The van der Waals surface area contributed by atoms with Crippen LogP contribution in [-0.2, 0) is 0 Å². The second-order valence-electron chi connectivity index (χ2n) is 2.93. The summed E-state index contributed by atoms with van der Waals surface area (Å²) in [5.74, 6) is 0.827. The van der Waals surface area contributed by atoms with Crippen molar-refractivity contribution in [2.45, 2.75) is 6.92 Å². The highest BCUT2D eigenvalue weighted by Gasteiger charge is 2.06. The number of aryl methyl sites for hydroxylation is 1. The van der Waals surface area contributed by atoms with Gasteiger partial charge in [0, 0.05) is 10.0 Å². The summed E-state index contributed by atoms with van der Waals surface area (Å²) in [6, 6.07) is 4.53. The molecule has 0 aliphatic rings. The molecule has 0 unspecified atom stereocenters. The number of halogens is 2. The summed E-state index contributed by atoms with van der Waals surface area (Å²) < 4.78 is 19.0. The van der Waals surface area contributed by atoms with Gasteiger partial charge < -0.3 is 4.42 Å². The predicted molar refractivity (Wildman–Crippen MR) is 54.3 cm³/mol. The Bertz CT molecular complexity index is 447. The zero-order valence-corrected chi connectivity index (χ0v) is 9.01. The quantitative estimate of drug-likeness (QED) is 0.779. The molecule has 0 saturated carbocycles. The first-order valence-electron chi connectivity index (χ1n) is 4.04. The third-order valence-corrected chi connectivity index (χ3v) is 2.19. The molecule has 0 amide bonds. The number of hydrogen-bond donors (Lipinski definition) is 0. The van der Waals surface area contributed by atoms with Crippen LogP contribution in [0.5, 0.6) is 0 Å². The van der Waals surface area contributed by atoms with Gasteiger partial charge in [-0.05, 0) is 25.1 Å². The normalized spacial score (nSPS) is 10.5. The van der Waals surface area contributed by atoms with Crippen LogP contribution in [0.15, 0.2) is 33.3 Å². The zero-order valence-electron chi connectivity index (χ0n) is 7.42. The van der Waals surface area contributed by atoms with Crippen LogP contribution >= 0.6 is 15.9 Å². The summed E-state index contributed by atoms with van der Waals surface area (Å²) in [7, 11) is 0. The maximum absolute atomic E-state index is 13.0. The minimum Gasteiger partial charge on any atom is -0.441 e. The average molecular weight is 256 g/mol. The molecule has 0 aliphatic heterocycles. The molecule has 0 aliphatic carbocycles. The Kier molecular flexibility index (Phi) is 2.37. The van der Waals surface area contributed by atoms with Gasteiger partial charge in [0.05, 0.1) is 6.20 Å². The molecular weight excluding hydrogens is 249 g/mol. The molecule has 4 heteroatoms. The van der Waals surface area contributed by atoms with Crippen molar-refractivity contribution in [1.82, 2.24) is 4.98 Å². The van der Waals surface area contributed by atoms with E-state index in [1.807, 2.05) is 0 Å². The molecule has 2 aromatic rings. The van der Waals surface area contributed by atoms with Crippen LogP contribution in [0.25, 0.3) is 11.5 Å². The molecule has 0 radical (unpaired) electrons. The number of nitrogens with zero attached hydrogens (tertiary/aromatic N) is 1. The highest BCUT2D eigenvalue weighted by molar-refractivity contribution is 9.10. The Labute approximate surface area is 88.9 Å². The van der Waals surface area contributed by atoms with Crippen LogP contribution in [-0.4, -0.2) is 4.98 Å². The van der Waals surface area contributed by atoms with Gasteiger partial charge in [-0.1, -0.05) is 15.9 Å². The minimum absolute atomic E-state index is 0.315. The smallest absolute Gasteiger partial charge is 0.226 e. The molecule has 0 spiro atoms. The summed E-state index contributed by atoms with van der Waals surface area (Å²) >= 11 is 3.21. The van der Waals surface area contributed by atoms with E-state index in [0.717, 1.165) is 0 Å². The molecule has 0 fully saturated rings. The van der Waals surface area contributed by atoms with E-state index in [1.165, 1.54) is 12.1 Å². The summed E-state index contributed by atoms with van der Waals surface area (Å²) in [6.45, 7) is 1.80. The van der Waals surface area contributed by atoms with Gasteiger partial charge >= 0.3 is 0 Å². The Morgan fingerprint density at radius 3 is 2.71 bits per heavy atom. The lowest BCUT2D eigenvalue weighted by molar-refractivity contribution is 0.541. The van der Waals surface area contributed by atoms with Gasteiger partial charge in [-0.2, -0.15) is 0 Å². The summed E-state index contributed by atoms with van der Waals surface area (Å²) in [4.78, 5) is 4.01. The Balaban J connectivity index is 2.51. The van der Waals surface area contributed by atoms with Crippen molar-refractivity contribution in [2.75, 3.05) is 0 Å². The second kappa shape index (κ2) is 3.53. The van der Waals surface area contributed by atoms with Gasteiger partial charge in [-0.15, -0.1) is 0 Å². The van der Waals surface area contributed by atoms with Gasteiger partial charge in [0.2, 0.25) is 5.89 Å². The van der Waals surface area contributed by atoms with Crippen LogP contribution in [0.2, 0.25) is 0 Å². The summed E-state index contributed by atoms with van der Waals surface area (Å²) in [6.07, 6.45) is 1.61. The number of rotatable bonds is 1. The third-order valence-electron chi connectivity index (χ3n) is 1.73. The van der Waals surface area contributed by atoms with Crippen molar-refractivity contribution < 1.29 is 8.81 Å². The van der Waals surface area contributed by atoms with E-state index in [-0.39, 0.29) is 5.82 Å². The van der Waals surface area contributed by atoms with Gasteiger partial charge in [0.1, 0.15) is 11.6 Å². The van der Waals surface area contributed by atoms with Crippen LogP contribution < -0.4 is 0 Å². The molecule has 0 bridgehead atoms. The lowest BCUT2D eigenvalue weighted by atomic mass is 10.2. The molecule has 1 aromatic carbocycles. The van der Waals surface area contributed by atoms with Crippen molar-refractivity contribution in [3.05, 3.63) is 40.4 Å². The largest absolute Gasteiger partial charge is 0.441 e. The van der Waals surface area contributed by atoms with E-state index in [9.17, 15) is 4.39 Å². The Morgan fingerprint density at radius 2 is 2.14 bits per heavy atom. The molecule has 2 nitrogen and oxygen atoms in total. The lowest BCUT2D eigenvalue weighted by Gasteiger charge is -1.97. The van der Waals surface area contributed by atoms with Crippen molar-refractivity contribution in [3.8, 4) is 11.5 Å². The topological polar surface area (TPSA) is 26.0 Å². The number of hydrogen-bond acceptors (Lipinski definition) is 2. The fourth-order valence-electron chi connectivity index (χ4n) is 1.17.